The van der Waals surface area contributed by atoms with Crippen LogP contribution in [0.1, 0.15) is 38.0 Å². The van der Waals surface area contributed by atoms with Crippen LogP contribution in [-0.4, -0.2) is 56.7 Å². The summed E-state index contributed by atoms with van der Waals surface area (Å²) < 4.78 is 6.08. The summed E-state index contributed by atoms with van der Waals surface area (Å²) in [5.74, 6) is 0. The van der Waals surface area contributed by atoms with Crippen LogP contribution in [0.25, 0.3) is 0 Å². The fourth-order valence-corrected chi connectivity index (χ4v) is 2.66. The molecule has 2 rings (SSSR count). The maximum absolute atomic E-state index is 6.08. The van der Waals surface area contributed by atoms with Crippen molar-refractivity contribution in [3.05, 3.63) is 71.8 Å². The summed E-state index contributed by atoms with van der Waals surface area (Å²) in [6, 6.07) is 20.8. The predicted octanol–water partition coefficient (Wildman–Crippen LogP) is 4.70. The minimum absolute atomic E-state index is 0.0161. The SMILES string of the molecule is CCN(CC)CC.CN(C)CCOC(c1ccccc1)c1ccccc1. The molecule has 26 heavy (non-hydrogen) atoms. The van der Waals surface area contributed by atoms with Gasteiger partial charge in [0.2, 0.25) is 0 Å². The molecule has 0 aliphatic rings. The van der Waals surface area contributed by atoms with E-state index in [0.717, 1.165) is 13.2 Å². The monoisotopic (exact) mass is 356 g/mol. The molecule has 144 valence electrons. The zero-order chi connectivity index (χ0) is 19.2. The van der Waals surface area contributed by atoms with Gasteiger partial charge in [0.05, 0.1) is 6.61 Å². The van der Waals surface area contributed by atoms with Crippen molar-refractivity contribution in [1.29, 1.82) is 0 Å². The number of rotatable bonds is 9. The molecule has 3 heteroatoms. The molecule has 0 saturated carbocycles. The Hall–Kier alpha value is -1.68. The molecule has 0 aromatic heterocycles. The Kier molecular flexibility index (Phi) is 11.6. The van der Waals surface area contributed by atoms with Gasteiger partial charge in [-0.15, -0.1) is 0 Å². The van der Waals surface area contributed by atoms with Gasteiger partial charge in [-0.2, -0.15) is 0 Å². The Labute approximate surface area is 160 Å². The summed E-state index contributed by atoms with van der Waals surface area (Å²) in [7, 11) is 4.12. The molecular weight excluding hydrogens is 320 g/mol. The summed E-state index contributed by atoms with van der Waals surface area (Å²) in [6.07, 6.45) is 0.0161. The van der Waals surface area contributed by atoms with Crippen molar-refractivity contribution in [3.8, 4) is 0 Å². The highest BCUT2D eigenvalue weighted by molar-refractivity contribution is 5.29. The molecule has 0 N–H and O–H groups in total. The normalized spacial score (nSPS) is 10.9. The van der Waals surface area contributed by atoms with Crippen LogP contribution >= 0.6 is 0 Å². The van der Waals surface area contributed by atoms with Crippen LogP contribution in [0.2, 0.25) is 0 Å². The van der Waals surface area contributed by atoms with E-state index < -0.39 is 0 Å². The van der Waals surface area contributed by atoms with Gasteiger partial charge in [0.15, 0.2) is 0 Å². The summed E-state index contributed by atoms with van der Waals surface area (Å²) in [6.45, 7) is 11.8. The molecule has 0 spiro atoms. The summed E-state index contributed by atoms with van der Waals surface area (Å²) in [5.41, 5.74) is 2.40. The molecule has 0 amide bonds. The second-order valence-corrected chi connectivity index (χ2v) is 6.49. The second-order valence-electron chi connectivity index (χ2n) is 6.49. The summed E-state index contributed by atoms with van der Waals surface area (Å²) in [5, 5.41) is 0. The molecule has 0 bridgehead atoms. The Balaban J connectivity index is 0.000000412. The molecule has 0 unspecified atom stereocenters. The zero-order valence-electron chi connectivity index (χ0n) is 17.2. The molecule has 0 heterocycles. The standard InChI is InChI=1S/C17H21NO.C6H15N/c1-18(2)13-14-19-17(15-9-5-3-6-10-15)16-11-7-4-8-12-16;1-4-7(5-2)6-3/h3-12,17H,13-14H2,1-2H3;4-6H2,1-3H3. The maximum Gasteiger partial charge on any atom is 0.108 e. The van der Waals surface area contributed by atoms with E-state index in [-0.39, 0.29) is 6.10 Å². The fourth-order valence-electron chi connectivity index (χ4n) is 2.66. The smallest absolute Gasteiger partial charge is 0.108 e. The third kappa shape index (κ3) is 8.61. The lowest BCUT2D eigenvalue weighted by Crippen LogP contribution is -2.21. The van der Waals surface area contributed by atoms with Crippen molar-refractivity contribution in [2.75, 3.05) is 46.9 Å². The van der Waals surface area contributed by atoms with Crippen LogP contribution in [0.15, 0.2) is 60.7 Å². The number of hydrogen-bond acceptors (Lipinski definition) is 3. The fraction of sp³-hybridized carbons (Fsp3) is 0.478. The van der Waals surface area contributed by atoms with Crippen LogP contribution in [0.4, 0.5) is 0 Å². The average molecular weight is 357 g/mol. The molecular formula is C23H36N2O. The van der Waals surface area contributed by atoms with Crippen molar-refractivity contribution in [2.24, 2.45) is 0 Å². The molecule has 0 saturated heterocycles. The van der Waals surface area contributed by atoms with Gasteiger partial charge in [-0.3, -0.25) is 0 Å². The first-order valence-electron chi connectivity index (χ1n) is 9.70. The minimum Gasteiger partial charge on any atom is -0.367 e. The summed E-state index contributed by atoms with van der Waals surface area (Å²) in [4.78, 5) is 4.51. The zero-order valence-corrected chi connectivity index (χ0v) is 17.2. The Morgan fingerprint density at radius 1 is 0.731 bits per heavy atom. The van der Waals surface area contributed by atoms with Crippen molar-refractivity contribution in [2.45, 2.75) is 26.9 Å². The van der Waals surface area contributed by atoms with E-state index in [1.54, 1.807) is 0 Å². The largest absolute Gasteiger partial charge is 0.367 e. The van der Waals surface area contributed by atoms with E-state index in [2.05, 4.69) is 93.2 Å². The van der Waals surface area contributed by atoms with Crippen LogP contribution < -0.4 is 0 Å². The molecule has 2 aromatic rings. The summed E-state index contributed by atoms with van der Waals surface area (Å²) >= 11 is 0. The number of benzene rings is 2. The van der Waals surface area contributed by atoms with E-state index in [1.807, 2.05) is 12.1 Å². The lowest BCUT2D eigenvalue weighted by atomic mass is 10.0. The lowest BCUT2D eigenvalue weighted by Gasteiger charge is -2.20. The first-order valence-corrected chi connectivity index (χ1v) is 9.70. The molecule has 2 aromatic carbocycles. The maximum atomic E-state index is 6.08. The van der Waals surface area contributed by atoms with Gasteiger partial charge in [-0.1, -0.05) is 81.4 Å². The predicted molar refractivity (Wildman–Crippen MR) is 113 cm³/mol. The Morgan fingerprint density at radius 2 is 1.15 bits per heavy atom. The van der Waals surface area contributed by atoms with E-state index >= 15 is 0 Å². The molecule has 0 atom stereocenters. The van der Waals surface area contributed by atoms with Crippen LogP contribution in [0.5, 0.6) is 0 Å². The highest BCUT2D eigenvalue weighted by atomic mass is 16.5. The molecule has 0 radical (unpaired) electrons. The molecule has 0 aliphatic heterocycles. The van der Waals surface area contributed by atoms with Crippen LogP contribution in [0.3, 0.4) is 0 Å². The van der Waals surface area contributed by atoms with Crippen molar-refractivity contribution < 1.29 is 4.74 Å². The molecule has 0 aliphatic carbocycles. The van der Waals surface area contributed by atoms with Crippen molar-refractivity contribution in [1.82, 2.24) is 9.80 Å². The number of likely N-dealkylation sites (N-methyl/N-ethyl adjacent to an activating group) is 1. The topological polar surface area (TPSA) is 15.7 Å². The van der Waals surface area contributed by atoms with E-state index in [1.165, 1.54) is 30.8 Å². The first-order chi connectivity index (χ1) is 12.6. The molecule has 3 nitrogen and oxygen atoms in total. The van der Waals surface area contributed by atoms with Gasteiger partial charge in [0.25, 0.3) is 0 Å². The number of ether oxygens (including phenoxy) is 1. The number of hydrogen-bond donors (Lipinski definition) is 0. The Morgan fingerprint density at radius 3 is 1.46 bits per heavy atom. The van der Waals surface area contributed by atoms with Gasteiger partial charge >= 0.3 is 0 Å². The van der Waals surface area contributed by atoms with Gasteiger partial charge in [0, 0.05) is 6.54 Å². The van der Waals surface area contributed by atoms with Crippen molar-refractivity contribution in [3.63, 3.8) is 0 Å². The van der Waals surface area contributed by atoms with Crippen LogP contribution in [-0.2, 0) is 4.74 Å². The third-order valence-corrected chi connectivity index (χ3v) is 4.37. The van der Waals surface area contributed by atoms with Gasteiger partial charge in [-0.05, 0) is 44.9 Å². The molecule has 0 fully saturated rings. The van der Waals surface area contributed by atoms with E-state index in [4.69, 9.17) is 4.74 Å². The highest BCUT2D eigenvalue weighted by Crippen LogP contribution is 2.25. The van der Waals surface area contributed by atoms with Crippen molar-refractivity contribution >= 4 is 0 Å². The quantitative estimate of drug-likeness (QED) is 0.647. The first kappa shape index (κ1) is 22.4. The highest BCUT2D eigenvalue weighted by Gasteiger charge is 2.13. The van der Waals surface area contributed by atoms with Crippen LogP contribution in [0, 0.1) is 0 Å². The van der Waals surface area contributed by atoms with E-state index in [0.29, 0.717) is 0 Å². The second kappa shape index (κ2) is 13.5. The average Bonchev–Trinajstić information content (AvgIpc) is 2.68. The van der Waals surface area contributed by atoms with E-state index in [9.17, 15) is 0 Å². The van der Waals surface area contributed by atoms with Gasteiger partial charge in [0.1, 0.15) is 6.10 Å². The minimum atomic E-state index is 0.0161. The Bertz CT molecular complexity index is 508. The van der Waals surface area contributed by atoms with Gasteiger partial charge < -0.3 is 14.5 Å². The lowest BCUT2D eigenvalue weighted by molar-refractivity contribution is 0.0687. The third-order valence-electron chi connectivity index (χ3n) is 4.37. The van der Waals surface area contributed by atoms with Gasteiger partial charge in [-0.25, -0.2) is 0 Å². The number of nitrogens with zero attached hydrogens (tertiary/aromatic N) is 2.